The second-order valence-corrected chi connectivity index (χ2v) is 12.6. The van der Waals surface area contributed by atoms with E-state index in [1.54, 1.807) is 15.9 Å². The Hall–Kier alpha value is -2.27. The molecule has 4 fully saturated rings. The molecule has 0 aromatic carbocycles. The Morgan fingerprint density at radius 1 is 1.21 bits per heavy atom. The van der Waals surface area contributed by atoms with Gasteiger partial charge in [0.15, 0.2) is 0 Å². The number of fused-ring (bicyclic) bond motifs is 1. The highest BCUT2D eigenvalue weighted by Crippen LogP contribution is 2.64. The van der Waals surface area contributed by atoms with E-state index < -0.39 is 41.1 Å². The summed E-state index contributed by atoms with van der Waals surface area (Å²) in [6, 6.07) is -1.52. The summed E-state index contributed by atoms with van der Waals surface area (Å²) in [5, 5.41) is 10.6. The van der Waals surface area contributed by atoms with Crippen LogP contribution in [0.25, 0.3) is 0 Å². The summed E-state index contributed by atoms with van der Waals surface area (Å²) in [5.74, 6) is -2.66. The smallest absolute Gasteiger partial charge is 0.312 e. The lowest BCUT2D eigenvalue weighted by Crippen LogP contribution is -2.60. The molecule has 1 N–H and O–H groups in total. The molecule has 2 unspecified atom stereocenters. The standard InChI is InChI=1S/C32H51N3O7/c1-6-9-10-11-19-41-30(39)26-25-28(37)35(24(22-36)23(4)8-3)27(32(25)13-12-31(26,5)42-32)29(38)34(14-7-2)16-15-33-17-20-40-21-18-33/h6-7,23-27,36H,1-2,8-22H2,3-5H3/t23-,24-,25-,26+,27?,31-,32?/m0/s1. The molecule has 7 atom stereocenters. The van der Waals surface area contributed by atoms with Gasteiger partial charge in [0, 0.05) is 32.7 Å². The van der Waals surface area contributed by atoms with Crippen LogP contribution >= 0.6 is 0 Å². The van der Waals surface area contributed by atoms with E-state index >= 15 is 0 Å². The highest BCUT2D eigenvalue weighted by atomic mass is 16.6. The Labute approximate surface area is 251 Å². The van der Waals surface area contributed by atoms with Crippen LogP contribution in [0.15, 0.2) is 25.3 Å². The summed E-state index contributed by atoms with van der Waals surface area (Å²) in [6.45, 7) is 17.9. The molecule has 4 saturated heterocycles. The van der Waals surface area contributed by atoms with Crippen molar-refractivity contribution < 1.29 is 33.7 Å². The van der Waals surface area contributed by atoms with Gasteiger partial charge in [-0.05, 0) is 44.9 Å². The van der Waals surface area contributed by atoms with Crippen LogP contribution in [0.1, 0.15) is 59.3 Å². The zero-order valence-electron chi connectivity index (χ0n) is 25.8. The van der Waals surface area contributed by atoms with E-state index in [9.17, 15) is 19.5 Å². The number of likely N-dealkylation sites (tertiary alicyclic amines) is 1. The van der Waals surface area contributed by atoms with Crippen molar-refractivity contribution in [1.82, 2.24) is 14.7 Å². The highest BCUT2D eigenvalue weighted by Gasteiger charge is 2.79. The van der Waals surface area contributed by atoms with E-state index in [2.05, 4.69) is 18.1 Å². The third-order valence-corrected chi connectivity index (χ3v) is 10.0. The number of carbonyl (C=O) groups is 3. The van der Waals surface area contributed by atoms with E-state index in [0.29, 0.717) is 52.1 Å². The van der Waals surface area contributed by atoms with E-state index in [1.165, 1.54) is 0 Å². The lowest BCUT2D eigenvalue weighted by Gasteiger charge is -2.41. The van der Waals surface area contributed by atoms with Crippen molar-refractivity contribution in [2.45, 2.75) is 82.6 Å². The number of carbonyl (C=O) groups excluding carboxylic acids is 3. The third kappa shape index (κ3) is 6.05. The second-order valence-electron chi connectivity index (χ2n) is 12.6. The molecule has 0 aromatic heterocycles. The maximum absolute atomic E-state index is 14.6. The van der Waals surface area contributed by atoms with Crippen LogP contribution < -0.4 is 0 Å². The first-order valence-electron chi connectivity index (χ1n) is 15.8. The van der Waals surface area contributed by atoms with Gasteiger partial charge in [-0.3, -0.25) is 19.3 Å². The van der Waals surface area contributed by atoms with Gasteiger partial charge >= 0.3 is 5.97 Å². The number of allylic oxidation sites excluding steroid dienone is 1. The van der Waals surface area contributed by atoms with Crippen LogP contribution in [0.4, 0.5) is 0 Å². The predicted octanol–water partition coefficient (Wildman–Crippen LogP) is 2.40. The number of hydrogen-bond donors (Lipinski definition) is 1. The molecule has 10 heteroatoms. The van der Waals surface area contributed by atoms with Gasteiger partial charge in [0.05, 0.1) is 44.0 Å². The van der Waals surface area contributed by atoms with Gasteiger partial charge in [-0.25, -0.2) is 0 Å². The molecule has 4 aliphatic heterocycles. The molecule has 0 aromatic rings. The van der Waals surface area contributed by atoms with Crippen LogP contribution in [0.2, 0.25) is 0 Å². The number of aliphatic hydroxyl groups is 1. The van der Waals surface area contributed by atoms with Gasteiger partial charge in [0.1, 0.15) is 17.6 Å². The molecule has 4 rings (SSSR count). The average molecular weight is 590 g/mol. The fraction of sp³-hybridized carbons (Fsp3) is 0.781. The van der Waals surface area contributed by atoms with E-state index in [4.69, 9.17) is 14.2 Å². The van der Waals surface area contributed by atoms with Crippen molar-refractivity contribution in [2.24, 2.45) is 17.8 Å². The predicted molar refractivity (Wildman–Crippen MR) is 158 cm³/mol. The Kier molecular flexibility index (Phi) is 10.9. The normalized spacial score (nSPS) is 32.0. The van der Waals surface area contributed by atoms with Crippen LogP contribution in [0.5, 0.6) is 0 Å². The highest BCUT2D eigenvalue weighted by molar-refractivity contribution is 5.98. The Morgan fingerprint density at radius 2 is 1.95 bits per heavy atom. The summed E-state index contributed by atoms with van der Waals surface area (Å²) in [7, 11) is 0. The SMILES string of the molecule is C=CCCCCOC(=O)[C@H]1[C@H]2C(=O)N([C@@H](CO)[C@@H](C)CC)C(C(=O)N(CC=C)CCN3CCOCC3)C23CC[C@]1(C)O3. The maximum atomic E-state index is 14.6. The van der Waals surface area contributed by atoms with Crippen molar-refractivity contribution in [3.8, 4) is 0 Å². The van der Waals surface area contributed by atoms with Crippen LogP contribution in [0, 0.1) is 17.8 Å². The molecule has 0 aliphatic carbocycles. The van der Waals surface area contributed by atoms with Crippen molar-refractivity contribution >= 4 is 17.8 Å². The molecule has 1 spiro atoms. The summed E-state index contributed by atoms with van der Waals surface area (Å²) < 4.78 is 18.0. The molecule has 236 valence electrons. The zero-order chi connectivity index (χ0) is 30.5. The van der Waals surface area contributed by atoms with Crippen molar-refractivity contribution in [1.29, 1.82) is 0 Å². The zero-order valence-corrected chi connectivity index (χ0v) is 25.8. The largest absolute Gasteiger partial charge is 0.465 e. The Bertz CT molecular complexity index is 1000. The number of ether oxygens (including phenoxy) is 3. The van der Waals surface area contributed by atoms with Gasteiger partial charge in [0.25, 0.3) is 0 Å². The average Bonchev–Trinajstić information content (AvgIpc) is 3.56. The molecule has 10 nitrogen and oxygen atoms in total. The summed E-state index contributed by atoms with van der Waals surface area (Å²) in [5.41, 5.74) is -2.06. The molecule has 0 saturated carbocycles. The van der Waals surface area contributed by atoms with Gasteiger partial charge < -0.3 is 29.1 Å². The number of unbranched alkanes of at least 4 members (excludes halogenated alkanes) is 2. The minimum Gasteiger partial charge on any atom is -0.465 e. The van der Waals surface area contributed by atoms with Gasteiger partial charge in [-0.15, -0.1) is 13.2 Å². The lowest BCUT2D eigenvalue weighted by molar-refractivity contribution is -0.162. The topological polar surface area (TPSA) is 109 Å². The molecular weight excluding hydrogens is 538 g/mol. The minimum absolute atomic E-state index is 0.0614. The van der Waals surface area contributed by atoms with Crippen LogP contribution in [-0.2, 0) is 28.6 Å². The monoisotopic (exact) mass is 589 g/mol. The van der Waals surface area contributed by atoms with Crippen molar-refractivity contribution in [2.75, 3.05) is 59.2 Å². The molecule has 4 heterocycles. The summed E-state index contributed by atoms with van der Waals surface area (Å²) >= 11 is 0. The molecule has 0 radical (unpaired) electrons. The number of aliphatic hydroxyl groups excluding tert-OH is 1. The molecular formula is C32H51N3O7. The van der Waals surface area contributed by atoms with E-state index in [0.717, 1.165) is 32.4 Å². The van der Waals surface area contributed by atoms with Crippen LogP contribution in [0.3, 0.4) is 0 Å². The number of amides is 2. The summed E-state index contributed by atoms with van der Waals surface area (Å²) in [4.78, 5) is 48.3. The third-order valence-electron chi connectivity index (χ3n) is 10.0. The maximum Gasteiger partial charge on any atom is 0.312 e. The number of morpholine rings is 1. The first-order valence-corrected chi connectivity index (χ1v) is 15.8. The first kappa shape index (κ1) is 32.6. The van der Waals surface area contributed by atoms with Crippen LogP contribution in [-0.4, -0.2) is 120 Å². The number of esters is 1. The second kappa shape index (κ2) is 14.0. The minimum atomic E-state index is -1.16. The van der Waals surface area contributed by atoms with Gasteiger partial charge in [-0.2, -0.15) is 0 Å². The molecule has 2 amide bonds. The fourth-order valence-corrected chi connectivity index (χ4v) is 7.53. The Morgan fingerprint density at radius 3 is 2.60 bits per heavy atom. The molecule has 2 bridgehead atoms. The molecule has 4 aliphatic rings. The van der Waals surface area contributed by atoms with Gasteiger partial charge in [-0.1, -0.05) is 32.4 Å². The van der Waals surface area contributed by atoms with Crippen molar-refractivity contribution in [3.63, 3.8) is 0 Å². The first-order chi connectivity index (χ1) is 20.2. The lowest BCUT2D eigenvalue weighted by atomic mass is 9.66. The summed E-state index contributed by atoms with van der Waals surface area (Å²) in [6.07, 6.45) is 7.71. The fourth-order valence-electron chi connectivity index (χ4n) is 7.53. The van der Waals surface area contributed by atoms with E-state index in [1.807, 2.05) is 26.8 Å². The number of hydrogen-bond acceptors (Lipinski definition) is 8. The van der Waals surface area contributed by atoms with Gasteiger partial charge in [0.2, 0.25) is 11.8 Å². The van der Waals surface area contributed by atoms with Crippen molar-refractivity contribution in [3.05, 3.63) is 25.3 Å². The quantitative estimate of drug-likeness (QED) is 0.166. The molecule has 42 heavy (non-hydrogen) atoms. The number of nitrogens with zero attached hydrogens (tertiary/aromatic N) is 3. The number of rotatable bonds is 16. The Balaban J connectivity index is 1.66. The van der Waals surface area contributed by atoms with E-state index in [-0.39, 0.29) is 30.9 Å².